The molecule has 0 radical (unpaired) electrons. The Kier molecular flexibility index (Phi) is 4.70. The maximum Gasteiger partial charge on any atom is 0.264 e. The van der Waals surface area contributed by atoms with Crippen molar-refractivity contribution in [1.29, 1.82) is 0 Å². The molecule has 0 fully saturated rings. The van der Waals surface area contributed by atoms with Gasteiger partial charge in [0.1, 0.15) is 0 Å². The molecule has 0 aromatic rings. The third-order valence-electron chi connectivity index (χ3n) is 2.48. The second-order valence-corrected chi connectivity index (χ2v) is 5.60. The molecule has 0 spiro atoms. The number of allylic oxidation sites excluding steroid dienone is 1. The van der Waals surface area contributed by atoms with Crippen molar-refractivity contribution in [3.05, 3.63) is 23.4 Å². The van der Waals surface area contributed by atoms with Gasteiger partial charge in [0.05, 0.1) is 17.9 Å². The maximum absolute atomic E-state index is 10.5. The standard InChI is InChI=1S/C10H18N2O4S/c1-7-5-9(12)10(6-8(7)11)16-3-2-4-17(13,14)15/h5-6,9-10H,2-4,11-12H2,1H3,(H,13,14,15). The van der Waals surface area contributed by atoms with E-state index in [1.807, 2.05) is 13.0 Å². The average Bonchev–Trinajstić information content (AvgIpc) is 2.18. The van der Waals surface area contributed by atoms with Gasteiger partial charge >= 0.3 is 0 Å². The Hall–Kier alpha value is -0.890. The quantitative estimate of drug-likeness (QED) is 0.466. The van der Waals surface area contributed by atoms with Crippen molar-refractivity contribution in [2.75, 3.05) is 12.4 Å². The van der Waals surface area contributed by atoms with Crippen LogP contribution in [0, 0.1) is 0 Å². The molecule has 0 bridgehead atoms. The van der Waals surface area contributed by atoms with Gasteiger partial charge in [0.15, 0.2) is 0 Å². The molecule has 0 aromatic carbocycles. The Morgan fingerprint density at radius 3 is 2.71 bits per heavy atom. The Morgan fingerprint density at radius 1 is 1.47 bits per heavy atom. The summed E-state index contributed by atoms with van der Waals surface area (Å²) in [7, 11) is -3.92. The van der Waals surface area contributed by atoms with Gasteiger partial charge in [-0.1, -0.05) is 6.08 Å². The Balaban J connectivity index is 2.39. The number of nitrogens with two attached hydrogens (primary N) is 2. The number of rotatable bonds is 5. The maximum atomic E-state index is 10.5. The van der Waals surface area contributed by atoms with E-state index < -0.39 is 10.1 Å². The molecule has 0 amide bonds. The first-order valence-corrected chi connectivity index (χ1v) is 6.89. The molecule has 6 nitrogen and oxygen atoms in total. The summed E-state index contributed by atoms with van der Waals surface area (Å²) in [6.07, 6.45) is 3.40. The predicted molar refractivity (Wildman–Crippen MR) is 64.8 cm³/mol. The average molecular weight is 262 g/mol. The summed E-state index contributed by atoms with van der Waals surface area (Å²) in [6.45, 7) is 2.06. The Labute approximate surface area is 101 Å². The van der Waals surface area contributed by atoms with E-state index in [1.54, 1.807) is 6.08 Å². The van der Waals surface area contributed by atoms with E-state index in [1.165, 1.54) is 0 Å². The summed E-state index contributed by atoms with van der Waals surface area (Å²) < 4.78 is 34.9. The summed E-state index contributed by atoms with van der Waals surface area (Å²) in [5, 5.41) is 0. The fraction of sp³-hybridized carbons (Fsp3) is 0.600. The van der Waals surface area contributed by atoms with Crippen LogP contribution < -0.4 is 11.5 Å². The molecule has 0 aliphatic heterocycles. The van der Waals surface area contributed by atoms with Crippen molar-refractivity contribution >= 4 is 10.1 Å². The van der Waals surface area contributed by atoms with Crippen LogP contribution in [0.5, 0.6) is 0 Å². The molecule has 2 atom stereocenters. The van der Waals surface area contributed by atoms with Gasteiger partial charge in [0, 0.05) is 12.3 Å². The molecule has 1 rings (SSSR count). The van der Waals surface area contributed by atoms with E-state index in [2.05, 4.69) is 0 Å². The second-order valence-electron chi connectivity index (χ2n) is 4.02. The molecule has 7 heteroatoms. The van der Waals surface area contributed by atoms with Crippen LogP contribution in [-0.2, 0) is 14.9 Å². The first kappa shape index (κ1) is 14.2. The van der Waals surface area contributed by atoms with Crippen LogP contribution in [0.15, 0.2) is 23.4 Å². The highest BCUT2D eigenvalue weighted by Gasteiger charge is 2.19. The van der Waals surface area contributed by atoms with Crippen molar-refractivity contribution < 1.29 is 17.7 Å². The van der Waals surface area contributed by atoms with Crippen LogP contribution >= 0.6 is 0 Å². The minimum Gasteiger partial charge on any atom is -0.399 e. The van der Waals surface area contributed by atoms with Crippen LogP contribution in [0.3, 0.4) is 0 Å². The van der Waals surface area contributed by atoms with E-state index >= 15 is 0 Å². The van der Waals surface area contributed by atoms with Crippen molar-refractivity contribution in [1.82, 2.24) is 0 Å². The van der Waals surface area contributed by atoms with E-state index in [9.17, 15) is 8.42 Å². The third kappa shape index (κ3) is 4.86. The van der Waals surface area contributed by atoms with Gasteiger partial charge in [-0.15, -0.1) is 0 Å². The molecular weight excluding hydrogens is 244 g/mol. The monoisotopic (exact) mass is 262 g/mol. The van der Waals surface area contributed by atoms with Crippen molar-refractivity contribution in [2.45, 2.75) is 25.5 Å². The molecular formula is C10H18N2O4S. The molecule has 0 saturated heterocycles. The zero-order valence-corrected chi connectivity index (χ0v) is 10.5. The van der Waals surface area contributed by atoms with E-state index in [4.69, 9.17) is 20.8 Å². The topological polar surface area (TPSA) is 116 Å². The fourth-order valence-electron chi connectivity index (χ4n) is 1.52. The zero-order valence-electron chi connectivity index (χ0n) is 9.67. The normalized spacial score (nSPS) is 25.4. The number of hydrogen-bond acceptors (Lipinski definition) is 5. The van der Waals surface area contributed by atoms with Crippen molar-refractivity contribution in [3.63, 3.8) is 0 Å². The molecule has 98 valence electrons. The van der Waals surface area contributed by atoms with Crippen molar-refractivity contribution in [3.8, 4) is 0 Å². The summed E-state index contributed by atoms with van der Waals surface area (Å²) in [6, 6.07) is -0.284. The van der Waals surface area contributed by atoms with E-state index in [0.717, 1.165) is 5.57 Å². The lowest BCUT2D eigenvalue weighted by Crippen LogP contribution is -2.37. The van der Waals surface area contributed by atoms with E-state index in [-0.39, 0.29) is 30.9 Å². The smallest absolute Gasteiger partial charge is 0.264 e. The van der Waals surface area contributed by atoms with Gasteiger partial charge in [0.2, 0.25) is 0 Å². The van der Waals surface area contributed by atoms with Crippen molar-refractivity contribution in [2.24, 2.45) is 11.5 Å². The number of hydrogen-bond donors (Lipinski definition) is 3. The number of ether oxygens (including phenoxy) is 1. The summed E-state index contributed by atoms with van der Waals surface area (Å²) in [5.41, 5.74) is 13.1. The van der Waals surface area contributed by atoms with Gasteiger partial charge in [-0.3, -0.25) is 4.55 Å². The molecule has 2 unspecified atom stereocenters. The third-order valence-corrected chi connectivity index (χ3v) is 3.28. The van der Waals surface area contributed by atoms with Gasteiger partial charge in [-0.25, -0.2) is 0 Å². The summed E-state index contributed by atoms with van der Waals surface area (Å²) in [5.74, 6) is -0.316. The molecule has 0 aromatic heterocycles. The summed E-state index contributed by atoms with van der Waals surface area (Å²) >= 11 is 0. The SMILES string of the molecule is CC1=CC(N)C(OCCCS(=O)(=O)O)C=C1N. The lowest BCUT2D eigenvalue weighted by molar-refractivity contribution is 0.0760. The van der Waals surface area contributed by atoms with Crippen LogP contribution in [-0.4, -0.2) is 37.5 Å². The van der Waals surface area contributed by atoms with Crippen LogP contribution in [0.1, 0.15) is 13.3 Å². The van der Waals surface area contributed by atoms with Crippen LogP contribution in [0.4, 0.5) is 0 Å². The van der Waals surface area contributed by atoms with E-state index in [0.29, 0.717) is 5.70 Å². The molecule has 17 heavy (non-hydrogen) atoms. The van der Waals surface area contributed by atoms with Crippen LogP contribution in [0.25, 0.3) is 0 Å². The predicted octanol–water partition coefficient (Wildman–Crippen LogP) is -0.221. The molecule has 0 saturated carbocycles. The lowest BCUT2D eigenvalue weighted by atomic mass is 9.99. The van der Waals surface area contributed by atoms with Crippen LogP contribution in [0.2, 0.25) is 0 Å². The Bertz CT molecular complexity index is 428. The first-order chi connectivity index (χ1) is 7.79. The largest absolute Gasteiger partial charge is 0.399 e. The minimum atomic E-state index is -3.92. The Morgan fingerprint density at radius 2 is 2.12 bits per heavy atom. The minimum absolute atomic E-state index is 0.203. The van der Waals surface area contributed by atoms with Gasteiger partial charge in [0.25, 0.3) is 10.1 Å². The summed E-state index contributed by atoms with van der Waals surface area (Å²) in [4.78, 5) is 0. The van der Waals surface area contributed by atoms with Gasteiger partial charge in [-0.05, 0) is 25.0 Å². The molecule has 1 aliphatic rings. The molecule has 0 heterocycles. The highest BCUT2D eigenvalue weighted by atomic mass is 32.2. The van der Waals surface area contributed by atoms with Gasteiger partial charge in [-0.2, -0.15) is 8.42 Å². The highest BCUT2D eigenvalue weighted by Crippen LogP contribution is 2.16. The first-order valence-electron chi connectivity index (χ1n) is 5.28. The zero-order chi connectivity index (χ0) is 13.1. The van der Waals surface area contributed by atoms with Gasteiger partial charge < -0.3 is 16.2 Å². The molecule has 1 aliphatic carbocycles. The fourth-order valence-corrected chi connectivity index (χ4v) is 2.00. The highest BCUT2D eigenvalue weighted by molar-refractivity contribution is 7.85. The molecule has 5 N–H and O–H groups in total. The lowest BCUT2D eigenvalue weighted by Gasteiger charge is -2.24. The second kappa shape index (κ2) is 5.63.